The third kappa shape index (κ3) is 3.48. The van der Waals surface area contributed by atoms with Crippen LogP contribution in [0.15, 0.2) is 54.9 Å². The Morgan fingerprint density at radius 2 is 2.00 bits per heavy atom. The number of nitrogens with one attached hydrogen (secondary N) is 1. The molecule has 28 heavy (non-hydrogen) atoms. The molecule has 4 rings (SSSR count). The summed E-state index contributed by atoms with van der Waals surface area (Å²) in [5.41, 5.74) is 1.63. The average Bonchev–Trinajstić information content (AvgIpc) is 3.27. The van der Waals surface area contributed by atoms with Gasteiger partial charge < -0.3 is 5.11 Å². The topological polar surface area (TPSA) is 87.5 Å². The van der Waals surface area contributed by atoms with Crippen molar-refractivity contribution >= 4 is 22.8 Å². The quantitative estimate of drug-likeness (QED) is 0.687. The van der Waals surface area contributed by atoms with E-state index < -0.39 is 22.9 Å². The molecule has 2 heterocycles. The normalized spacial score (nSPS) is 16.4. The molecule has 0 bridgehead atoms. The Labute approximate surface area is 163 Å². The van der Waals surface area contributed by atoms with Crippen LogP contribution in [0.4, 0.5) is 10.1 Å². The van der Waals surface area contributed by atoms with Crippen molar-refractivity contribution in [3.8, 4) is 16.9 Å². The number of anilines is 1. The van der Waals surface area contributed by atoms with Gasteiger partial charge in [-0.05, 0) is 24.1 Å². The first kappa shape index (κ1) is 18.2. The zero-order chi connectivity index (χ0) is 19.7. The van der Waals surface area contributed by atoms with Crippen LogP contribution in [0, 0.1) is 5.82 Å². The van der Waals surface area contributed by atoms with Crippen molar-refractivity contribution in [1.82, 2.24) is 14.5 Å². The Bertz CT molecular complexity index is 1050. The lowest BCUT2D eigenvalue weighted by atomic mass is 10.1. The first-order valence-electron chi connectivity index (χ1n) is 8.60. The standard InChI is InChI=1S/C19H17FN4O3S/c20-18-15(6-7-16(25)19(18)24-12-17(26)22-28(24)27)14-10-21-23(11-14)9-8-13-4-2-1-3-5-13/h1-7,10-11,25H,8-9,12H2,(H,22,26). The Balaban J connectivity index is 1.60. The van der Waals surface area contributed by atoms with Gasteiger partial charge in [0.1, 0.15) is 18.0 Å². The number of halogens is 1. The first-order valence-corrected chi connectivity index (χ1v) is 9.71. The summed E-state index contributed by atoms with van der Waals surface area (Å²) in [7, 11) is 0. The fourth-order valence-corrected chi connectivity index (χ4v) is 4.01. The molecule has 0 radical (unpaired) electrons. The smallest absolute Gasteiger partial charge is 0.253 e. The third-order valence-corrected chi connectivity index (χ3v) is 5.56. The number of amides is 1. The summed E-state index contributed by atoms with van der Waals surface area (Å²) in [6.07, 6.45) is 4.03. The molecule has 144 valence electrons. The molecule has 1 amide bonds. The lowest BCUT2D eigenvalue weighted by Crippen LogP contribution is -2.23. The van der Waals surface area contributed by atoms with Crippen molar-refractivity contribution in [2.45, 2.75) is 13.0 Å². The summed E-state index contributed by atoms with van der Waals surface area (Å²) in [5, 5.41) is 14.3. The first-order chi connectivity index (χ1) is 13.5. The molecule has 1 aliphatic rings. The van der Waals surface area contributed by atoms with Gasteiger partial charge in [-0.3, -0.25) is 18.5 Å². The van der Waals surface area contributed by atoms with E-state index in [2.05, 4.69) is 9.82 Å². The fourth-order valence-electron chi connectivity index (χ4n) is 3.06. The number of carbonyl (C=O) groups is 1. The average molecular weight is 400 g/mol. The highest BCUT2D eigenvalue weighted by atomic mass is 32.2. The number of phenols is 1. The second kappa shape index (κ2) is 7.43. The highest BCUT2D eigenvalue weighted by molar-refractivity contribution is 7.85. The van der Waals surface area contributed by atoms with E-state index >= 15 is 4.39 Å². The van der Waals surface area contributed by atoms with Crippen molar-refractivity contribution in [2.75, 3.05) is 10.8 Å². The summed E-state index contributed by atoms with van der Waals surface area (Å²) in [4.78, 5) is 11.4. The minimum Gasteiger partial charge on any atom is -0.506 e. The number of hydrogen-bond donors (Lipinski definition) is 2. The van der Waals surface area contributed by atoms with Crippen LogP contribution < -0.4 is 9.03 Å². The molecule has 0 aliphatic carbocycles. The second-order valence-electron chi connectivity index (χ2n) is 6.33. The number of aromatic nitrogens is 2. The highest BCUT2D eigenvalue weighted by Crippen LogP contribution is 2.37. The summed E-state index contributed by atoms with van der Waals surface area (Å²) in [6, 6.07) is 12.7. The Morgan fingerprint density at radius 3 is 2.71 bits per heavy atom. The molecular formula is C19H17FN4O3S. The minimum absolute atomic E-state index is 0.204. The van der Waals surface area contributed by atoms with Crippen LogP contribution >= 0.6 is 0 Å². The van der Waals surface area contributed by atoms with Crippen molar-refractivity contribution in [3.05, 3.63) is 66.2 Å². The summed E-state index contributed by atoms with van der Waals surface area (Å²) in [6.45, 7) is 0.335. The van der Waals surface area contributed by atoms with E-state index in [9.17, 15) is 14.1 Å². The van der Waals surface area contributed by atoms with Crippen molar-refractivity contribution < 1.29 is 18.5 Å². The van der Waals surface area contributed by atoms with E-state index in [-0.39, 0.29) is 23.5 Å². The molecule has 2 N–H and O–H groups in total. The van der Waals surface area contributed by atoms with Crippen LogP contribution in [-0.4, -0.2) is 31.5 Å². The molecule has 1 fully saturated rings. The van der Waals surface area contributed by atoms with Gasteiger partial charge in [0.25, 0.3) is 5.91 Å². The van der Waals surface area contributed by atoms with Crippen LogP contribution in [0.2, 0.25) is 0 Å². The van der Waals surface area contributed by atoms with Crippen LogP contribution in [-0.2, 0) is 28.9 Å². The maximum absolute atomic E-state index is 15.1. The molecule has 0 saturated carbocycles. The zero-order valence-corrected chi connectivity index (χ0v) is 15.5. The van der Waals surface area contributed by atoms with Gasteiger partial charge in [0.2, 0.25) is 11.2 Å². The maximum Gasteiger partial charge on any atom is 0.253 e. The van der Waals surface area contributed by atoms with Gasteiger partial charge in [0.05, 0.1) is 6.20 Å². The number of carbonyl (C=O) groups excluding carboxylic acids is 1. The minimum atomic E-state index is -1.93. The SMILES string of the molecule is O=C1CN(c2c(O)ccc(-c3cnn(CCc4ccccc4)c3)c2F)S(=O)N1. The van der Waals surface area contributed by atoms with Gasteiger partial charge in [-0.1, -0.05) is 30.3 Å². The van der Waals surface area contributed by atoms with E-state index in [4.69, 9.17) is 0 Å². The Morgan fingerprint density at radius 1 is 1.21 bits per heavy atom. The van der Waals surface area contributed by atoms with Crippen molar-refractivity contribution in [2.24, 2.45) is 0 Å². The molecule has 1 aliphatic heterocycles. The van der Waals surface area contributed by atoms with E-state index in [1.54, 1.807) is 10.9 Å². The molecule has 7 nitrogen and oxygen atoms in total. The van der Waals surface area contributed by atoms with Crippen LogP contribution in [0.1, 0.15) is 5.56 Å². The number of aryl methyl sites for hydroxylation is 2. The van der Waals surface area contributed by atoms with Crippen LogP contribution in [0.25, 0.3) is 11.1 Å². The van der Waals surface area contributed by atoms with Gasteiger partial charge >= 0.3 is 0 Å². The molecule has 3 aromatic rings. The van der Waals surface area contributed by atoms with Gasteiger partial charge in [-0.25, -0.2) is 8.60 Å². The Hall–Kier alpha value is -3.20. The molecule has 9 heteroatoms. The maximum atomic E-state index is 15.1. The summed E-state index contributed by atoms with van der Waals surface area (Å²) in [5.74, 6) is -1.65. The zero-order valence-electron chi connectivity index (χ0n) is 14.7. The summed E-state index contributed by atoms with van der Waals surface area (Å²) >= 11 is -1.93. The molecular weight excluding hydrogens is 383 g/mol. The number of hydrogen-bond acceptors (Lipinski definition) is 4. The van der Waals surface area contributed by atoms with Gasteiger partial charge in [0, 0.05) is 23.9 Å². The lowest BCUT2D eigenvalue weighted by Gasteiger charge is -2.17. The predicted molar refractivity (Wildman–Crippen MR) is 103 cm³/mol. The third-order valence-electron chi connectivity index (χ3n) is 4.45. The predicted octanol–water partition coefficient (Wildman–Crippen LogP) is 2.15. The van der Waals surface area contributed by atoms with E-state index in [1.807, 2.05) is 30.3 Å². The fraction of sp³-hybridized carbons (Fsp3) is 0.158. The van der Waals surface area contributed by atoms with E-state index in [1.165, 1.54) is 23.9 Å². The molecule has 1 saturated heterocycles. The van der Waals surface area contributed by atoms with Gasteiger partial charge in [-0.2, -0.15) is 5.10 Å². The molecule has 1 unspecified atom stereocenters. The Kier molecular flexibility index (Phi) is 4.82. The van der Waals surface area contributed by atoms with Crippen LogP contribution in [0.3, 0.4) is 0 Å². The molecule has 1 atom stereocenters. The largest absolute Gasteiger partial charge is 0.506 e. The van der Waals surface area contributed by atoms with Crippen molar-refractivity contribution in [1.29, 1.82) is 0 Å². The second-order valence-corrected chi connectivity index (χ2v) is 7.48. The molecule has 1 aromatic heterocycles. The van der Waals surface area contributed by atoms with Gasteiger partial charge in [-0.15, -0.1) is 0 Å². The number of rotatable bonds is 5. The molecule has 2 aromatic carbocycles. The highest BCUT2D eigenvalue weighted by Gasteiger charge is 2.32. The number of phenolic OH excluding ortho intramolecular Hbond substituents is 1. The van der Waals surface area contributed by atoms with E-state index in [0.29, 0.717) is 12.1 Å². The monoisotopic (exact) mass is 400 g/mol. The summed E-state index contributed by atoms with van der Waals surface area (Å²) < 4.78 is 32.0. The number of benzene rings is 2. The molecule has 0 spiro atoms. The van der Waals surface area contributed by atoms with E-state index in [0.717, 1.165) is 10.7 Å². The lowest BCUT2D eigenvalue weighted by molar-refractivity contribution is -0.117. The van der Waals surface area contributed by atoms with Gasteiger partial charge in [0.15, 0.2) is 5.82 Å². The number of aromatic hydroxyl groups is 1. The van der Waals surface area contributed by atoms with Crippen LogP contribution in [0.5, 0.6) is 5.75 Å². The van der Waals surface area contributed by atoms with Crippen molar-refractivity contribution in [3.63, 3.8) is 0 Å². The number of nitrogens with zero attached hydrogens (tertiary/aromatic N) is 3.